The number of nitrogens with zero attached hydrogens (tertiary/aromatic N) is 2. The Morgan fingerprint density at radius 3 is 2.95 bits per heavy atom. The van der Waals surface area contributed by atoms with Crippen molar-refractivity contribution >= 4 is 23.0 Å². The fraction of sp³-hybridized carbons (Fsp3) is 0.500. The van der Waals surface area contributed by atoms with Crippen LogP contribution in [0.5, 0.6) is 0 Å². The minimum atomic E-state index is -0.467. The molecule has 7 nitrogen and oxygen atoms in total. The highest BCUT2D eigenvalue weighted by Gasteiger charge is 2.34. The van der Waals surface area contributed by atoms with Gasteiger partial charge in [-0.05, 0) is 31.4 Å². The topological polar surface area (TPSA) is 102 Å². The molecule has 1 aromatic carbocycles. The summed E-state index contributed by atoms with van der Waals surface area (Å²) in [6, 6.07) is 4.66. The van der Waals surface area contributed by atoms with Crippen molar-refractivity contribution in [2.24, 2.45) is 5.73 Å². The van der Waals surface area contributed by atoms with Crippen molar-refractivity contribution < 1.29 is 9.72 Å². The SMILES string of the molecule is CCCNc1cccc(N2CCCC2C(N)=O)c1[N+](=O)[O-]. The molecule has 3 N–H and O–H groups in total. The van der Waals surface area contributed by atoms with Crippen LogP contribution in [-0.4, -0.2) is 30.0 Å². The molecule has 7 heteroatoms. The second kappa shape index (κ2) is 6.43. The first-order valence-corrected chi connectivity index (χ1v) is 7.13. The van der Waals surface area contributed by atoms with Crippen molar-refractivity contribution in [1.82, 2.24) is 0 Å². The summed E-state index contributed by atoms with van der Waals surface area (Å²) in [5.74, 6) is -0.436. The molecule has 1 amide bonds. The van der Waals surface area contributed by atoms with Crippen LogP contribution in [-0.2, 0) is 4.79 Å². The van der Waals surface area contributed by atoms with Crippen molar-refractivity contribution in [3.8, 4) is 0 Å². The molecule has 1 aliphatic rings. The third-order valence-corrected chi connectivity index (χ3v) is 3.65. The van der Waals surface area contributed by atoms with Crippen LogP contribution in [0.3, 0.4) is 0 Å². The van der Waals surface area contributed by atoms with Gasteiger partial charge < -0.3 is 16.0 Å². The van der Waals surface area contributed by atoms with E-state index in [0.29, 0.717) is 30.9 Å². The number of carbonyl (C=O) groups excluding carboxylic acids is 1. The number of para-hydroxylation sites is 1. The van der Waals surface area contributed by atoms with E-state index in [2.05, 4.69) is 5.32 Å². The first kappa shape index (κ1) is 15.1. The van der Waals surface area contributed by atoms with E-state index >= 15 is 0 Å². The lowest BCUT2D eigenvalue weighted by molar-refractivity contribution is -0.383. The van der Waals surface area contributed by atoms with Gasteiger partial charge in [-0.25, -0.2) is 0 Å². The molecule has 0 spiro atoms. The number of nitrogens with two attached hydrogens (primary N) is 1. The third-order valence-electron chi connectivity index (χ3n) is 3.65. The Morgan fingerprint density at radius 2 is 2.33 bits per heavy atom. The molecule has 0 bridgehead atoms. The normalized spacial score (nSPS) is 17.8. The van der Waals surface area contributed by atoms with Crippen LogP contribution in [0.15, 0.2) is 18.2 Å². The van der Waals surface area contributed by atoms with Gasteiger partial charge in [0, 0.05) is 13.1 Å². The van der Waals surface area contributed by atoms with E-state index < -0.39 is 16.9 Å². The molecule has 1 heterocycles. The molecule has 114 valence electrons. The Kier molecular flexibility index (Phi) is 4.62. The number of benzene rings is 1. The largest absolute Gasteiger partial charge is 0.379 e. The number of nitrogens with one attached hydrogen (secondary N) is 1. The second-order valence-electron chi connectivity index (χ2n) is 5.11. The zero-order valence-electron chi connectivity index (χ0n) is 12.0. The van der Waals surface area contributed by atoms with Crippen molar-refractivity contribution in [1.29, 1.82) is 0 Å². The van der Waals surface area contributed by atoms with Gasteiger partial charge in [-0.3, -0.25) is 14.9 Å². The van der Waals surface area contributed by atoms with Gasteiger partial charge in [0.15, 0.2) is 0 Å². The molecular weight excluding hydrogens is 272 g/mol. The minimum absolute atomic E-state index is 0.0131. The highest BCUT2D eigenvalue weighted by Crippen LogP contribution is 2.38. The van der Waals surface area contributed by atoms with Gasteiger partial charge in [0.2, 0.25) is 5.91 Å². The minimum Gasteiger partial charge on any atom is -0.379 e. The van der Waals surface area contributed by atoms with Crippen LogP contribution in [0.4, 0.5) is 17.1 Å². The Labute approximate surface area is 123 Å². The fourth-order valence-corrected chi connectivity index (χ4v) is 2.71. The smallest absolute Gasteiger partial charge is 0.315 e. The second-order valence-corrected chi connectivity index (χ2v) is 5.11. The Balaban J connectivity index is 2.42. The maximum Gasteiger partial charge on any atom is 0.315 e. The van der Waals surface area contributed by atoms with Gasteiger partial charge in [0.25, 0.3) is 0 Å². The number of rotatable bonds is 6. The van der Waals surface area contributed by atoms with Gasteiger partial charge in [-0.15, -0.1) is 0 Å². The van der Waals surface area contributed by atoms with Gasteiger partial charge in [-0.2, -0.15) is 0 Å². The number of primary amides is 1. The molecule has 0 saturated carbocycles. The van der Waals surface area contributed by atoms with Gasteiger partial charge in [0.05, 0.1) is 4.92 Å². The average Bonchev–Trinajstić information content (AvgIpc) is 2.93. The fourth-order valence-electron chi connectivity index (χ4n) is 2.71. The number of hydrogen-bond donors (Lipinski definition) is 2. The molecule has 21 heavy (non-hydrogen) atoms. The molecule has 0 aliphatic carbocycles. The number of nitro benzene ring substituents is 1. The Morgan fingerprint density at radius 1 is 1.57 bits per heavy atom. The van der Waals surface area contributed by atoms with Crippen LogP contribution in [0.25, 0.3) is 0 Å². The average molecular weight is 292 g/mol. The molecular formula is C14H20N4O3. The highest BCUT2D eigenvalue weighted by molar-refractivity contribution is 5.87. The summed E-state index contributed by atoms with van der Waals surface area (Å²) in [6.07, 6.45) is 2.31. The summed E-state index contributed by atoms with van der Waals surface area (Å²) in [4.78, 5) is 24.3. The monoisotopic (exact) mass is 292 g/mol. The zero-order chi connectivity index (χ0) is 15.4. The third kappa shape index (κ3) is 3.07. The van der Waals surface area contributed by atoms with Crippen LogP contribution in [0.2, 0.25) is 0 Å². The molecule has 1 aromatic rings. The number of anilines is 2. The molecule has 0 aromatic heterocycles. The van der Waals surface area contributed by atoms with E-state index in [4.69, 9.17) is 5.73 Å². The van der Waals surface area contributed by atoms with Gasteiger partial charge in [0.1, 0.15) is 17.4 Å². The number of nitro groups is 1. The summed E-state index contributed by atoms with van der Waals surface area (Å²) in [5.41, 5.74) is 6.36. The molecule has 1 atom stereocenters. The zero-order valence-corrected chi connectivity index (χ0v) is 12.0. The maximum atomic E-state index is 11.5. The molecule has 2 rings (SSSR count). The summed E-state index contributed by atoms with van der Waals surface area (Å²) in [6.45, 7) is 3.25. The van der Waals surface area contributed by atoms with Crippen molar-refractivity contribution in [3.05, 3.63) is 28.3 Å². The standard InChI is InChI=1S/C14H20N4O3/c1-2-8-16-10-5-3-6-11(13(10)18(20)21)17-9-4-7-12(17)14(15)19/h3,5-6,12,16H,2,4,7-9H2,1H3,(H2,15,19). The van der Waals surface area contributed by atoms with Crippen molar-refractivity contribution in [2.75, 3.05) is 23.3 Å². The quantitative estimate of drug-likeness (QED) is 0.615. The lowest BCUT2D eigenvalue weighted by Gasteiger charge is -2.24. The summed E-state index contributed by atoms with van der Waals surface area (Å²) in [7, 11) is 0. The molecule has 1 unspecified atom stereocenters. The maximum absolute atomic E-state index is 11.5. The van der Waals surface area contributed by atoms with Crippen LogP contribution < -0.4 is 16.0 Å². The van der Waals surface area contributed by atoms with Gasteiger partial charge >= 0.3 is 5.69 Å². The van der Waals surface area contributed by atoms with Crippen LogP contribution in [0.1, 0.15) is 26.2 Å². The lowest BCUT2D eigenvalue weighted by Crippen LogP contribution is -2.40. The number of carbonyl (C=O) groups is 1. The predicted octanol–water partition coefficient (Wildman–Crippen LogP) is 1.87. The van der Waals surface area contributed by atoms with E-state index in [9.17, 15) is 14.9 Å². The van der Waals surface area contributed by atoms with Gasteiger partial charge in [-0.1, -0.05) is 13.0 Å². The van der Waals surface area contributed by atoms with E-state index in [1.54, 1.807) is 23.1 Å². The van der Waals surface area contributed by atoms with E-state index in [-0.39, 0.29) is 5.69 Å². The van der Waals surface area contributed by atoms with E-state index in [1.807, 2.05) is 6.92 Å². The molecule has 1 saturated heterocycles. The predicted molar refractivity (Wildman–Crippen MR) is 81.4 cm³/mol. The molecule has 1 fully saturated rings. The molecule has 0 radical (unpaired) electrons. The van der Waals surface area contributed by atoms with Crippen LogP contribution in [0, 0.1) is 10.1 Å². The van der Waals surface area contributed by atoms with E-state index in [0.717, 1.165) is 12.8 Å². The summed E-state index contributed by atoms with van der Waals surface area (Å²) in [5, 5.41) is 14.5. The lowest BCUT2D eigenvalue weighted by atomic mass is 10.1. The Hall–Kier alpha value is -2.31. The number of amides is 1. The summed E-state index contributed by atoms with van der Waals surface area (Å²) < 4.78 is 0. The molecule has 1 aliphatic heterocycles. The first-order chi connectivity index (χ1) is 10.1. The first-order valence-electron chi connectivity index (χ1n) is 7.13. The number of hydrogen-bond acceptors (Lipinski definition) is 5. The van der Waals surface area contributed by atoms with Crippen LogP contribution >= 0.6 is 0 Å². The van der Waals surface area contributed by atoms with Crippen molar-refractivity contribution in [3.63, 3.8) is 0 Å². The van der Waals surface area contributed by atoms with E-state index in [1.165, 1.54) is 0 Å². The summed E-state index contributed by atoms with van der Waals surface area (Å²) >= 11 is 0. The van der Waals surface area contributed by atoms with Crippen molar-refractivity contribution in [2.45, 2.75) is 32.2 Å². The highest BCUT2D eigenvalue weighted by atomic mass is 16.6. The Bertz CT molecular complexity index is 547.